The average molecular weight is 445 g/mol. The Labute approximate surface area is 185 Å². The molecule has 4 aliphatic rings. The highest BCUT2D eigenvalue weighted by Gasteiger charge is 2.50. The standard InChI is InChI=1S/C24H27F3N4O/c25-14-8-18(24(27)19(26)9-14)20-2-4-23(30-29-20)31-11-13-5-15(28)10-17(13)21(31)7-12-6-16-1-3-22(12)32-16/h2,4,8-9,12-13,15-17,21-22H,1,3,5-7,10-11,28H2/t12-,13-,15+,16+,17+,21+,22+/m1/s1. The van der Waals surface area contributed by atoms with Crippen molar-refractivity contribution in [2.45, 2.75) is 62.8 Å². The lowest BCUT2D eigenvalue weighted by molar-refractivity contribution is 0.0892. The normalized spacial score (nSPS) is 35.6. The molecule has 4 heterocycles. The topological polar surface area (TPSA) is 64.3 Å². The molecule has 2 bridgehead atoms. The van der Waals surface area contributed by atoms with Crippen LogP contribution in [0.3, 0.4) is 0 Å². The molecule has 8 heteroatoms. The lowest BCUT2D eigenvalue weighted by atomic mass is 9.81. The number of aromatic nitrogens is 2. The van der Waals surface area contributed by atoms with Crippen molar-refractivity contribution in [2.24, 2.45) is 23.5 Å². The number of benzene rings is 1. The molecule has 3 aliphatic heterocycles. The number of nitrogens with two attached hydrogens (primary N) is 1. The maximum Gasteiger partial charge on any atom is 0.168 e. The monoisotopic (exact) mass is 444 g/mol. The highest BCUT2D eigenvalue weighted by molar-refractivity contribution is 5.61. The van der Waals surface area contributed by atoms with Crippen LogP contribution in [0.1, 0.15) is 38.5 Å². The van der Waals surface area contributed by atoms with Crippen LogP contribution >= 0.6 is 0 Å². The second-order valence-corrected chi connectivity index (χ2v) is 10.0. The summed E-state index contributed by atoms with van der Waals surface area (Å²) in [4.78, 5) is 2.33. The highest BCUT2D eigenvalue weighted by Crippen LogP contribution is 2.48. The van der Waals surface area contributed by atoms with Gasteiger partial charge in [-0.05, 0) is 74.5 Å². The van der Waals surface area contributed by atoms with Crippen molar-refractivity contribution in [1.82, 2.24) is 10.2 Å². The zero-order valence-electron chi connectivity index (χ0n) is 17.8. The molecule has 0 radical (unpaired) electrons. The van der Waals surface area contributed by atoms with Gasteiger partial charge >= 0.3 is 0 Å². The second kappa shape index (κ2) is 7.70. The lowest BCUT2D eigenvalue weighted by Crippen LogP contribution is -2.38. The molecule has 6 rings (SSSR count). The summed E-state index contributed by atoms with van der Waals surface area (Å²) in [7, 11) is 0. The largest absolute Gasteiger partial charge is 0.375 e. The van der Waals surface area contributed by atoms with Gasteiger partial charge in [0.1, 0.15) is 5.82 Å². The van der Waals surface area contributed by atoms with E-state index in [4.69, 9.17) is 10.5 Å². The quantitative estimate of drug-likeness (QED) is 0.721. The molecule has 170 valence electrons. The molecule has 7 atom stereocenters. The van der Waals surface area contributed by atoms with Gasteiger partial charge in [-0.2, -0.15) is 0 Å². The van der Waals surface area contributed by atoms with E-state index < -0.39 is 17.5 Å². The predicted octanol–water partition coefficient (Wildman–Crippen LogP) is 4.06. The van der Waals surface area contributed by atoms with Crippen molar-refractivity contribution < 1.29 is 17.9 Å². The summed E-state index contributed by atoms with van der Waals surface area (Å²) in [6, 6.07) is 5.43. The molecule has 0 amide bonds. The van der Waals surface area contributed by atoms with Gasteiger partial charge in [0, 0.05) is 30.3 Å². The van der Waals surface area contributed by atoms with E-state index in [1.54, 1.807) is 12.1 Å². The van der Waals surface area contributed by atoms with Gasteiger partial charge in [0.2, 0.25) is 0 Å². The summed E-state index contributed by atoms with van der Waals surface area (Å²) in [6.45, 7) is 0.877. The minimum Gasteiger partial charge on any atom is -0.375 e. The molecule has 3 saturated heterocycles. The number of hydrogen-bond donors (Lipinski definition) is 1. The molecule has 2 aromatic rings. The van der Waals surface area contributed by atoms with Crippen LogP contribution in [-0.2, 0) is 4.74 Å². The Morgan fingerprint density at radius 2 is 1.94 bits per heavy atom. The fourth-order valence-electron chi connectivity index (χ4n) is 6.73. The van der Waals surface area contributed by atoms with Crippen LogP contribution in [0.25, 0.3) is 11.3 Å². The summed E-state index contributed by atoms with van der Waals surface area (Å²) in [5.41, 5.74) is 6.19. The molecule has 1 aromatic carbocycles. The van der Waals surface area contributed by atoms with E-state index in [0.717, 1.165) is 50.5 Å². The molecular formula is C24H27F3N4O. The number of ether oxygens (including phenoxy) is 1. The van der Waals surface area contributed by atoms with Gasteiger partial charge in [-0.15, -0.1) is 10.2 Å². The zero-order chi connectivity index (χ0) is 22.0. The Bertz CT molecular complexity index is 1020. The smallest absolute Gasteiger partial charge is 0.168 e. The number of rotatable bonds is 4. The number of nitrogens with zero attached hydrogens (tertiary/aromatic N) is 3. The van der Waals surface area contributed by atoms with E-state index in [1.165, 1.54) is 6.42 Å². The van der Waals surface area contributed by atoms with Crippen molar-refractivity contribution in [3.63, 3.8) is 0 Å². The van der Waals surface area contributed by atoms with Crippen molar-refractivity contribution >= 4 is 5.82 Å². The summed E-state index contributed by atoms with van der Waals surface area (Å²) >= 11 is 0. The van der Waals surface area contributed by atoms with Crippen LogP contribution in [0.15, 0.2) is 24.3 Å². The summed E-state index contributed by atoms with van der Waals surface area (Å²) < 4.78 is 47.5. The first-order chi connectivity index (χ1) is 15.5. The van der Waals surface area contributed by atoms with Crippen molar-refractivity contribution in [2.75, 3.05) is 11.4 Å². The van der Waals surface area contributed by atoms with Gasteiger partial charge in [-0.3, -0.25) is 0 Å². The Kier molecular flexibility index (Phi) is 4.91. The Hall–Kier alpha value is -2.19. The fourth-order valence-corrected chi connectivity index (χ4v) is 6.73. The van der Waals surface area contributed by atoms with Crippen LogP contribution in [-0.4, -0.2) is 41.0 Å². The molecule has 0 spiro atoms. The van der Waals surface area contributed by atoms with Crippen LogP contribution < -0.4 is 10.6 Å². The fraction of sp³-hybridized carbons (Fsp3) is 0.583. The molecule has 5 nitrogen and oxygen atoms in total. The van der Waals surface area contributed by atoms with Crippen LogP contribution in [0.4, 0.5) is 19.0 Å². The molecule has 32 heavy (non-hydrogen) atoms. The lowest BCUT2D eigenvalue weighted by Gasteiger charge is -2.32. The maximum atomic E-state index is 14.2. The van der Waals surface area contributed by atoms with Gasteiger partial charge in [-0.1, -0.05) is 0 Å². The van der Waals surface area contributed by atoms with E-state index in [9.17, 15) is 13.2 Å². The molecule has 4 fully saturated rings. The van der Waals surface area contributed by atoms with Gasteiger partial charge < -0.3 is 15.4 Å². The van der Waals surface area contributed by atoms with Crippen LogP contribution in [0, 0.1) is 35.2 Å². The first-order valence-corrected chi connectivity index (χ1v) is 11.6. The number of halogens is 3. The van der Waals surface area contributed by atoms with Gasteiger partial charge in [0.05, 0.1) is 17.9 Å². The second-order valence-electron chi connectivity index (χ2n) is 10.0. The number of anilines is 1. The van der Waals surface area contributed by atoms with Crippen molar-refractivity contribution in [3.8, 4) is 11.3 Å². The molecule has 0 unspecified atom stereocenters. The minimum absolute atomic E-state index is 0.115. The highest BCUT2D eigenvalue weighted by atomic mass is 19.2. The number of hydrogen-bond acceptors (Lipinski definition) is 5. The average Bonchev–Trinajstić information content (AvgIpc) is 3.53. The molecular weight excluding hydrogens is 417 g/mol. The SMILES string of the molecule is N[C@H]1C[C@@H]2CN(c3ccc(-c4cc(F)cc(F)c4F)nn3)[C@@H](C[C@H]3C[C@@H]4CC[C@@H]3O4)[C@H]2C1. The molecule has 1 aliphatic carbocycles. The first kappa shape index (κ1) is 20.4. The summed E-state index contributed by atoms with van der Waals surface area (Å²) in [5.74, 6) is -0.848. The molecule has 1 aromatic heterocycles. The first-order valence-electron chi connectivity index (χ1n) is 11.6. The maximum absolute atomic E-state index is 14.2. The third-order valence-corrected chi connectivity index (χ3v) is 8.10. The van der Waals surface area contributed by atoms with E-state index in [-0.39, 0.29) is 17.3 Å². The van der Waals surface area contributed by atoms with Crippen molar-refractivity contribution in [1.29, 1.82) is 0 Å². The zero-order valence-corrected chi connectivity index (χ0v) is 17.8. The van der Waals surface area contributed by atoms with Gasteiger partial charge in [0.25, 0.3) is 0 Å². The molecule has 2 N–H and O–H groups in total. The van der Waals surface area contributed by atoms with Gasteiger partial charge in [-0.25, -0.2) is 13.2 Å². The molecule has 1 saturated carbocycles. The summed E-state index contributed by atoms with van der Waals surface area (Å²) in [5, 5.41) is 8.49. The van der Waals surface area contributed by atoms with Crippen LogP contribution in [0.5, 0.6) is 0 Å². The Balaban J connectivity index is 1.27. The van der Waals surface area contributed by atoms with Gasteiger partial charge in [0.15, 0.2) is 17.5 Å². The predicted molar refractivity (Wildman–Crippen MR) is 113 cm³/mol. The van der Waals surface area contributed by atoms with E-state index in [1.807, 2.05) is 0 Å². The van der Waals surface area contributed by atoms with Crippen molar-refractivity contribution in [3.05, 3.63) is 41.7 Å². The van der Waals surface area contributed by atoms with E-state index >= 15 is 0 Å². The Morgan fingerprint density at radius 1 is 1.06 bits per heavy atom. The van der Waals surface area contributed by atoms with E-state index in [0.29, 0.717) is 42.1 Å². The summed E-state index contributed by atoms with van der Waals surface area (Å²) in [6.07, 6.45) is 7.35. The number of fused-ring (bicyclic) bond motifs is 3. The van der Waals surface area contributed by atoms with E-state index in [2.05, 4.69) is 15.1 Å². The third-order valence-electron chi connectivity index (χ3n) is 8.10. The van der Waals surface area contributed by atoms with Crippen LogP contribution in [0.2, 0.25) is 0 Å². The Morgan fingerprint density at radius 3 is 2.66 bits per heavy atom. The third kappa shape index (κ3) is 3.39. The minimum atomic E-state index is -1.23.